The fourth-order valence-corrected chi connectivity index (χ4v) is 15.6. The second-order valence-electron chi connectivity index (χ2n) is 31.3. The summed E-state index contributed by atoms with van der Waals surface area (Å²) < 4.78 is 45.5. The predicted molar refractivity (Wildman–Crippen MR) is 465 cm³/mol. The van der Waals surface area contributed by atoms with E-state index in [9.17, 15) is 0 Å². The standard InChI is InChI=1S/C108H79F3N3.Ir/c1-69-53-104(114-68-103(69)70-23-9-8-10-24-70)80-43-46-97(100(63-80)77-31-17-25-71(54-77)74-28-20-34-88(109)60-74)94-40-14-11-37-91(94)83-57-84(92-38-12-15-41-95(92)98-47-44-81(105-66-86(49-51-112-105)107(2,3)4)64-101(98)78-32-18-26-72(55-78)75-29-21-35-89(110)61-75)59-85(58-83)93-39-13-16-42-96(93)99-48-45-82(106-67-87(50-52-113-106)108(5,6)7)65-102(99)79-33-19-27-73(56-79)76-30-22-36-90(111)62-76;/h8-42,46-68H,1-7H3;/q-3;+3. The fourth-order valence-electron chi connectivity index (χ4n) is 15.6. The van der Waals surface area contributed by atoms with E-state index in [0.29, 0.717) is 0 Å². The molecule has 0 aliphatic heterocycles. The van der Waals surface area contributed by atoms with Crippen molar-refractivity contribution < 1.29 is 33.3 Å². The maximum atomic E-state index is 15.2. The van der Waals surface area contributed by atoms with Gasteiger partial charge in [0.2, 0.25) is 0 Å². The van der Waals surface area contributed by atoms with Crippen LogP contribution in [0.3, 0.4) is 0 Å². The Balaban J connectivity index is 0.00000994. The van der Waals surface area contributed by atoms with Gasteiger partial charge in [-0.2, -0.15) is 0 Å². The number of nitrogens with zero attached hydrogens (tertiary/aromatic N) is 3. The van der Waals surface area contributed by atoms with Gasteiger partial charge >= 0.3 is 20.1 Å². The molecule has 0 aliphatic carbocycles. The average molecular weight is 1670 g/mol. The Hall–Kier alpha value is -13.0. The molecule has 3 aromatic heterocycles. The zero-order chi connectivity index (χ0) is 78.2. The Morgan fingerprint density at radius 2 is 0.522 bits per heavy atom. The minimum atomic E-state index is -0.310. The van der Waals surface area contributed by atoms with Gasteiger partial charge in [-0.05, 0) is 225 Å². The summed E-state index contributed by atoms with van der Waals surface area (Å²) in [6.45, 7) is 15.4. The molecule has 3 nitrogen and oxygen atoms in total. The molecule has 7 heteroatoms. The van der Waals surface area contributed by atoms with Crippen molar-refractivity contribution in [2.75, 3.05) is 0 Å². The van der Waals surface area contributed by atoms with E-state index in [1.807, 2.05) is 91.4 Å². The maximum Gasteiger partial charge on any atom is 3.00 e. The second kappa shape index (κ2) is 32.2. The van der Waals surface area contributed by atoms with Gasteiger partial charge in [0, 0.05) is 24.2 Å². The zero-order valence-corrected chi connectivity index (χ0v) is 67.2. The largest absolute Gasteiger partial charge is 3.00 e. The molecule has 0 saturated carbocycles. The summed E-state index contributed by atoms with van der Waals surface area (Å²) in [5.74, 6) is -0.925. The first kappa shape index (κ1) is 76.0. The van der Waals surface area contributed by atoms with Crippen LogP contribution in [0.5, 0.6) is 0 Å². The van der Waals surface area contributed by atoms with Crippen LogP contribution in [0.1, 0.15) is 58.2 Å². The summed E-state index contributed by atoms with van der Waals surface area (Å²) in [5, 5.41) is 0. The molecule has 556 valence electrons. The number of aryl methyl sites for hydroxylation is 1. The number of hydrogen-bond acceptors (Lipinski definition) is 3. The van der Waals surface area contributed by atoms with Crippen LogP contribution in [0.25, 0.3) is 178 Å². The molecule has 0 bridgehead atoms. The summed E-state index contributed by atoms with van der Waals surface area (Å²) in [4.78, 5) is 15.1. The topological polar surface area (TPSA) is 38.7 Å². The number of benzene rings is 14. The molecular formula is C108H79F3IrN3. The van der Waals surface area contributed by atoms with Crippen molar-refractivity contribution in [1.29, 1.82) is 0 Å². The monoisotopic (exact) mass is 1670 g/mol. The van der Waals surface area contributed by atoms with E-state index in [2.05, 4.69) is 273 Å². The third kappa shape index (κ3) is 16.1. The van der Waals surface area contributed by atoms with E-state index >= 15 is 13.2 Å². The quantitative estimate of drug-likeness (QED) is 0.0905. The van der Waals surface area contributed by atoms with Crippen LogP contribution in [0, 0.1) is 42.6 Å². The Bertz CT molecular complexity index is 6270. The Morgan fingerprint density at radius 3 is 0.852 bits per heavy atom. The van der Waals surface area contributed by atoms with E-state index in [1.54, 1.807) is 36.4 Å². The molecule has 0 saturated heterocycles. The van der Waals surface area contributed by atoms with Crippen LogP contribution in [-0.4, -0.2) is 15.0 Å². The van der Waals surface area contributed by atoms with Gasteiger partial charge in [0.15, 0.2) is 0 Å². The minimum Gasteiger partial charge on any atom is -0.305 e. The molecule has 0 radical (unpaired) electrons. The molecular weight excluding hydrogens is 1590 g/mol. The van der Waals surface area contributed by atoms with Gasteiger partial charge in [-0.25, -0.2) is 13.2 Å². The number of halogens is 3. The van der Waals surface area contributed by atoms with Crippen LogP contribution < -0.4 is 0 Å². The Morgan fingerprint density at radius 1 is 0.235 bits per heavy atom. The third-order valence-electron chi connectivity index (χ3n) is 21.6. The SMILES string of the molecule is Cc1cc(-c2[c-]cc(-c3ccccc3-c3cc(-c4ccccc4-c4c[c-]c(-c5cc(C(C)(C)C)ccn5)cc4-c4cccc(-c5cccc(F)c5)c4)cc(-c4ccccc4-c4c[c-]c(-c5cc(C(C)(C)C)ccn5)cc4-c4cccc(-c5cccc(F)c5)c4)c3)c(-c3cccc(-c4cccc(F)c4)c3)c2)ncc1-c1ccccc1.[Ir+3]. The van der Waals surface area contributed by atoms with E-state index in [4.69, 9.17) is 15.0 Å². The molecule has 0 amide bonds. The molecule has 0 atom stereocenters. The van der Waals surface area contributed by atoms with E-state index in [0.717, 1.165) is 195 Å². The van der Waals surface area contributed by atoms with Crippen LogP contribution in [-0.2, 0) is 30.9 Å². The first-order valence-electron chi connectivity index (χ1n) is 38.5. The van der Waals surface area contributed by atoms with Crippen molar-refractivity contribution in [1.82, 2.24) is 15.0 Å². The van der Waals surface area contributed by atoms with Crippen LogP contribution >= 0.6 is 0 Å². The third-order valence-corrected chi connectivity index (χ3v) is 21.6. The second-order valence-corrected chi connectivity index (χ2v) is 31.3. The molecule has 14 aromatic carbocycles. The van der Waals surface area contributed by atoms with Gasteiger partial charge in [0.25, 0.3) is 0 Å². The van der Waals surface area contributed by atoms with Gasteiger partial charge in [-0.15, -0.1) is 71.3 Å². The maximum absolute atomic E-state index is 15.2. The summed E-state index contributed by atoms with van der Waals surface area (Å²) in [7, 11) is 0. The molecule has 3 heterocycles. The first-order valence-corrected chi connectivity index (χ1v) is 38.5. The normalized spacial score (nSPS) is 11.5. The van der Waals surface area contributed by atoms with Gasteiger partial charge in [0.05, 0.1) is 0 Å². The molecule has 0 fully saturated rings. The number of pyridine rings is 3. The molecule has 0 N–H and O–H groups in total. The Labute approximate surface area is 685 Å². The Kier molecular flexibility index (Phi) is 21.3. The molecule has 0 aliphatic rings. The van der Waals surface area contributed by atoms with Gasteiger partial charge < -0.3 is 15.0 Å². The molecule has 17 rings (SSSR count). The van der Waals surface area contributed by atoms with Crippen LogP contribution in [0.2, 0.25) is 0 Å². The van der Waals surface area contributed by atoms with E-state index in [-0.39, 0.29) is 48.4 Å². The van der Waals surface area contributed by atoms with Crippen molar-refractivity contribution >= 4 is 0 Å². The first-order chi connectivity index (χ1) is 55.4. The van der Waals surface area contributed by atoms with Crippen molar-refractivity contribution in [3.8, 4) is 178 Å². The summed E-state index contributed by atoms with van der Waals surface area (Å²) >= 11 is 0. The molecule has 115 heavy (non-hydrogen) atoms. The molecule has 17 aromatic rings. The number of rotatable bonds is 16. The zero-order valence-electron chi connectivity index (χ0n) is 64.8. The van der Waals surface area contributed by atoms with Gasteiger partial charge in [-0.1, -0.05) is 304 Å². The fraction of sp³-hybridized carbons (Fsp3) is 0.0833. The average Bonchev–Trinajstić information content (AvgIpc) is 0.750. The summed E-state index contributed by atoms with van der Waals surface area (Å²) in [5.41, 5.74) is 32.2. The van der Waals surface area contributed by atoms with Crippen molar-refractivity contribution in [2.24, 2.45) is 0 Å². The molecule has 0 unspecified atom stereocenters. The predicted octanol–water partition coefficient (Wildman–Crippen LogP) is 29.3. The summed E-state index contributed by atoms with van der Waals surface area (Å²) in [6.07, 6.45) is 5.72. The number of hydrogen-bond donors (Lipinski definition) is 0. The van der Waals surface area contributed by atoms with E-state index < -0.39 is 0 Å². The summed E-state index contributed by atoms with van der Waals surface area (Å²) in [6, 6.07) is 123. The smallest absolute Gasteiger partial charge is 0.305 e. The van der Waals surface area contributed by atoms with Gasteiger partial charge in [0.1, 0.15) is 17.5 Å². The van der Waals surface area contributed by atoms with Crippen LogP contribution in [0.4, 0.5) is 13.2 Å². The van der Waals surface area contributed by atoms with Crippen LogP contribution in [0.15, 0.2) is 352 Å². The van der Waals surface area contributed by atoms with Crippen molar-refractivity contribution in [3.63, 3.8) is 0 Å². The van der Waals surface area contributed by atoms with E-state index in [1.165, 1.54) is 18.2 Å². The molecule has 0 spiro atoms. The van der Waals surface area contributed by atoms with Crippen molar-refractivity contribution in [2.45, 2.75) is 59.3 Å². The number of aromatic nitrogens is 3. The van der Waals surface area contributed by atoms with Crippen molar-refractivity contribution in [3.05, 3.63) is 405 Å². The minimum absolute atomic E-state index is 0. The van der Waals surface area contributed by atoms with Gasteiger partial charge in [-0.3, -0.25) is 0 Å².